The number of carbonyl (C=O) groups is 3. The van der Waals surface area contributed by atoms with Gasteiger partial charge in [-0.3, -0.25) is 9.59 Å². The zero-order valence-electron chi connectivity index (χ0n) is 20.2. The number of carboxylic acid groups (broad SMARTS) is 1. The summed E-state index contributed by atoms with van der Waals surface area (Å²) in [5, 5.41) is 15.7. The molecule has 2 heterocycles. The lowest BCUT2D eigenvalue weighted by Gasteiger charge is -2.43. The second kappa shape index (κ2) is 11.3. The summed E-state index contributed by atoms with van der Waals surface area (Å²) in [6, 6.07) is 5.38. The minimum absolute atomic E-state index is 0.0718. The van der Waals surface area contributed by atoms with Crippen molar-refractivity contribution in [1.82, 2.24) is 15.5 Å². The van der Waals surface area contributed by atoms with Crippen molar-refractivity contribution >= 4 is 39.4 Å². The van der Waals surface area contributed by atoms with Crippen LogP contribution in [0.25, 0.3) is 0 Å². The van der Waals surface area contributed by atoms with Gasteiger partial charge in [0.2, 0.25) is 11.8 Å². The Labute approximate surface area is 209 Å². The first-order valence-electron chi connectivity index (χ1n) is 11.7. The van der Waals surface area contributed by atoms with E-state index in [1.807, 2.05) is 52.0 Å². The number of fused-ring (bicyclic) bond motifs is 1. The maximum absolute atomic E-state index is 14.0. The topological polar surface area (TPSA) is 125 Å². The van der Waals surface area contributed by atoms with Gasteiger partial charge in [-0.1, -0.05) is 59.7 Å². The molecule has 188 valence electrons. The molecule has 3 rings (SSSR count). The maximum atomic E-state index is 14.0. The van der Waals surface area contributed by atoms with Gasteiger partial charge in [-0.25, -0.2) is 4.79 Å². The first kappa shape index (κ1) is 26.8. The molecule has 0 radical (unpaired) electrons. The van der Waals surface area contributed by atoms with E-state index in [0.29, 0.717) is 25.9 Å². The molecule has 8 nitrogen and oxygen atoms in total. The number of aliphatic carboxylic acids is 1. The summed E-state index contributed by atoms with van der Waals surface area (Å²) >= 11 is 0. The van der Waals surface area contributed by atoms with E-state index in [1.54, 1.807) is 26.5 Å². The minimum atomic E-state index is -1.07. The van der Waals surface area contributed by atoms with Crippen LogP contribution in [0.15, 0.2) is 24.3 Å². The van der Waals surface area contributed by atoms with E-state index in [9.17, 15) is 19.5 Å². The highest BCUT2D eigenvalue weighted by Crippen LogP contribution is 2.40. The molecule has 0 spiro atoms. The Morgan fingerprint density at radius 3 is 2.59 bits per heavy atom. The lowest BCUT2D eigenvalue weighted by Crippen LogP contribution is -2.63. The van der Waals surface area contributed by atoms with Crippen molar-refractivity contribution in [2.45, 2.75) is 76.0 Å². The minimum Gasteiger partial charge on any atom is -0.480 e. The van der Waals surface area contributed by atoms with Crippen molar-refractivity contribution in [3.8, 4) is 0 Å². The normalized spacial score (nSPS) is 25.6. The molecule has 34 heavy (non-hydrogen) atoms. The molecule has 0 bridgehead atoms. The largest absolute Gasteiger partial charge is 0.480 e. The van der Waals surface area contributed by atoms with Crippen molar-refractivity contribution in [3.63, 3.8) is 0 Å². The smallest absolute Gasteiger partial charge is 0.326 e. The molecule has 0 saturated carbocycles. The number of nitrogens with two attached hydrogens (primary N) is 1. The van der Waals surface area contributed by atoms with Crippen molar-refractivity contribution < 1.29 is 19.5 Å². The lowest BCUT2D eigenvalue weighted by atomic mass is 9.91. The van der Waals surface area contributed by atoms with Gasteiger partial charge in [0.05, 0.1) is 0 Å². The Kier molecular flexibility index (Phi) is 8.94. The molecular weight excluding hydrogens is 472 g/mol. The van der Waals surface area contributed by atoms with Gasteiger partial charge in [-0.05, 0) is 37.3 Å². The molecule has 4 atom stereocenters. The zero-order chi connectivity index (χ0) is 25.0. The van der Waals surface area contributed by atoms with Crippen molar-refractivity contribution in [1.29, 1.82) is 0 Å². The van der Waals surface area contributed by atoms with E-state index in [0.717, 1.165) is 16.9 Å². The Balaban J connectivity index is 1.90. The van der Waals surface area contributed by atoms with Crippen LogP contribution in [0.1, 0.15) is 45.2 Å². The number of nitrogens with one attached hydrogen (secondary N) is 2. The molecule has 2 aliphatic rings. The first-order valence-corrected chi connectivity index (χ1v) is 14.0. The van der Waals surface area contributed by atoms with Gasteiger partial charge in [-0.15, -0.1) is 0 Å². The van der Waals surface area contributed by atoms with Crippen LogP contribution in [0.5, 0.6) is 0 Å². The fraction of sp³-hybridized carbons (Fsp3) is 0.625. The third-order valence-corrected chi connectivity index (χ3v) is 9.64. The third kappa shape index (κ3) is 6.47. The summed E-state index contributed by atoms with van der Waals surface area (Å²) in [5.41, 5.74) is 8.15. The van der Waals surface area contributed by atoms with Gasteiger partial charge in [0.25, 0.3) is 0 Å². The van der Waals surface area contributed by atoms with E-state index >= 15 is 0 Å². The van der Waals surface area contributed by atoms with Crippen LogP contribution in [0, 0.1) is 5.92 Å². The summed E-state index contributed by atoms with van der Waals surface area (Å²) in [4.78, 5) is 40.8. The van der Waals surface area contributed by atoms with Gasteiger partial charge >= 0.3 is 5.97 Å². The second-order valence-corrected chi connectivity index (χ2v) is 13.1. The molecule has 4 unspecified atom stereocenters. The Morgan fingerprint density at radius 2 is 1.94 bits per heavy atom. The highest BCUT2D eigenvalue weighted by molar-refractivity contribution is 8.77. The molecule has 0 aliphatic carbocycles. The number of amides is 2. The number of nitrogens with zero attached hydrogens (tertiary/aromatic N) is 1. The lowest BCUT2D eigenvalue weighted by molar-refractivity contribution is -0.146. The summed E-state index contributed by atoms with van der Waals surface area (Å²) in [6.45, 7) is 8.67. The zero-order valence-corrected chi connectivity index (χ0v) is 21.9. The van der Waals surface area contributed by atoms with Crippen molar-refractivity contribution in [2.24, 2.45) is 11.7 Å². The molecule has 1 fully saturated rings. The van der Waals surface area contributed by atoms with E-state index in [2.05, 4.69) is 10.6 Å². The average Bonchev–Trinajstić information content (AvgIpc) is 2.76. The predicted octanol–water partition coefficient (Wildman–Crippen LogP) is 2.01. The van der Waals surface area contributed by atoms with Gasteiger partial charge in [0.15, 0.2) is 0 Å². The fourth-order valence-electron chi connectivity index (χ4n) is 4.40. The fourth-order valence-corrected chi connectivity index (χ4v) is 7.27. The summed E-state index contributed by atoms with van der Waals surface area (Å²) < 4.78 is -0.429. The monoisotopic (exact) mass is 508 g/mol. The standard InChI is InChI=1S/C24H36N4O4S2/c1-14(2)9-18(23(31)32)27-21(29)19-10-15-7-5-6-8-16(15)12-28(19)22(30)20-24(3,4)34-33-13-17(25)11-26-20/h5-8,14,17-20,26H,9-13,25H2,1-4H3,(H,27,29)(H,31,32). The number of benzene rings is 1. The molecule has 1 aromatic carbocycles. The highest BCUT2D eigenvalue weighted by Gasteiger charge is 2.44. The number of carboxylic acids is 1. The number of hydrogen-bond acceptors (Lipinski definition) is 7. The van der Waals surface area contributed by atoms with Crippen molar-refractivity contribution in [2.75, 3.05) is 12.3 Å². The summed E-state index contributed by atoms with van der Waals surface area (Å²) in [6.07, 6.45) is 0.664. The summed E-state index contributed by atoms with van der Waals surface area (Å²) in [5.74, 6) is -0.779. The number of rotatable bonds is 6. The number of carbonyl (C=O) groups excluding carboxylic acids is 2. The van der Waals surface area contributed by atoms with Gasteiger partial charge < -0.3 is 26.4 Å². The predicted molar refractivity (Wildman–Crippen MR) is 137 cm³/mol. The van der Waals surface area contributed by atoms with E-state index < -0.39 is 34.7 Å². The average molecular weight is 509 g/mol. The second-order valence-electron chi connectivity index (χ2n) is 10.1. The van der Waals surface area contributed by atoms with Crippen LogP contribution in [0.2, 0.25) is 0 Å². The van der Waals surface area contributed by atoms with Crippen LogP contribution in [0.3, 0.4) is 0 Å². The Morgan fingerprint density at radius 1 is 1.26 bits per heavy atom. The van der Waals surface area contributed by atoms with Gasteiger partial charge in [0, 0.05) is 36.1 Å². The molecule has 5 N–H and O–H groups in total. The number of hydrogen-bond donors (Lipinski definition) is 4. The van der Waals surface area contributed by atoms with Crippen LogP contribution in [-0.2, 0) is 27.3 Å². The van der Waals surface area contributed by atoms with E-state index in [1.165, 1.54) is 0 Å². The first-order chi connectivity index (χ1) is 16.0. The molecule has 1 aromatic rings. The highest BCUT2D eigenvalue weighted by atomic mass is 33.1. The molecule has 1 saturated heterocycles. The Hall–Kier alpha value is -1.75. The van der Waals surface area contributed by atoms with Gasteiger partial charge in [-0.2, -0.15) is 0 Å². The SMILES string of the molecule is CC(C)CC(NC(=O)C1Cc2ccccc2CN1C(=O)C1NCC(N)CSSC1(C)C)C(=O)O. The summed E-state index contributed by atoms with van der Waals surface area (Å²) in [7, 11) is 3.28. The van der Waals surface area contributed by atoms with E-state index in [-0.39, 0.29) is 17.9 Å². The maximum Gasteiger partial charge on any atom is 0.326 e. The third-order valence-electron chi connectivity index (χ3n) is 6.24. The van der Waals surface area contributed by atoms with E-state index in [4.69, 9.17) is 5.73 Å². The van der Waals surface area contributed by atoms with Crippen LogP contribution < -0.4 is 16.4 Å². The quantitative estimate of drug-likeness (QED) is 0.430. The molecule has 2 aliphatic heterocycles. The molecular formula is C24H36N4O4S2. The van der Waals surface area contributed by atoms with Gasteiger partial charge in [0.1, 0.15) is 18.1 Å². The molecule has 0 aromatic heterocycles. The van der Waals surface area contributed by atoms with Crippen molar-refractivity contribution in [3.05, 3.63) is 35.4 Å². The Bertz CT molecular complexity index is 911. The van der Waals surface area contributed by atoms with Crippen LogP contribution in [0.4, 0.5) is 0 Å². The molecule has 10 heteroatoms. The van der Waals surface area contributed by atoms with Crippen LogP contribution >= 0.6 is 21.6 Å². The molecule has 2 amide bonds. The van der Waals surface area contributed by atoms with Crippen LogP contribution in [-0.4, -0.2) is 69.0 Å².